The molecule has 1 heterocycles. The molecule has 2 aromatic rings. The molecule has 2 N–H and O–H groups in total. The van der Waals surface area contributed by atoms with E-state index in [1.807, 2.05) is 41.8 Å². The summed E-state index contributed by atoms with van der Waals surface area (Å²) in [5.41, 5.74) is 7.17. The van der Waals surface area contributed by atoms with Crippen LogP contribution < -0.4 is 5.73 Å². The lowest BCUT2D eigenvalue weighted by molar-refractivity contribution is 0.894. The molecule has 0 spiro atoms. The lowest BCUT2D eigenvalue weighted by Crippen LogP contribution is -2.09. The Morgan fingerprint density at radius 2 is 1.86 bits per heavy atom. The SMILES string of the molecule is N[C@H](c1ccc(Cl)cc1)c1cccs1. The topological polar surface area (TPSA) is 26.0 Å². The van der Waals surface area contributed by atoms with E-state index in [9.17, 15) is 0 Å². The summed E-state index contributed by atoms with van der Waals surface area (Å²) in [5.74, 6) is 0. The molecule has 0 bridgehead atoms. The molecule has 1 atom stereocenters. The molecule has 1 aromatic carbocycles. The lowest BCUT2D eigenvalue weighted by Gasteiger charge is -2.09. The Morgan fingerprint density at radius 1 is 1.14 bits per heavy atom. The molecule has 0 amide bonds. The summed E-state index contributed by atoms with van der Waals surface area (Å²) in [6, 6.07) is 11.7. The van der Waals surface area contributed by atoms with E-state index in [2.05, 4.69) is 0 Å². The highest BCUT2D eigenvalue weighted by atomic mass is 35.5. The molecule has 1 nitrogen and oxygen atoms in total. The molecule has 0 unspecified atom stereocenters. The number of hydrogen-bond donors (Lipinski definition) is 1. The highest BCUT2D eigenvalue weighted by Gasteiger charge is 2.08. The molecule has 72 valence electrons. The van der Waals surface area contributed by atoms with Crippen molar-refractivity contribution in [3.05, 3.63) is 57.2 Å². The van der Waals surface area contributed by atoms with Gasteiger partial charge in [-0.05, 0) is 29.1 Å². The van der Waals surface area contributed by atoms with Crippen LogP contribution in [0.3, 0.4) is 0 Å². The quantitative estimate of drug-likeness (QED) is 0.829. The molecule has 0 radical (unpaired) electrons. The van der Waals surface area contributed by atoms with Crippen molar-refractivity contribution in [3.63, 3.8) is 0 Å². The number of hydrogen-bond acceptors (Lipinski definition) is 2. The lowest BCUT2D eigenvalue weighted by atomic mass is 10.1. The van der Waals surface area contributed by atoms with Crippen LogP contribution in [0.2, 0.25) is 5.02 Å². The molecule has 0 aliphatic carbocycles. The second kappa shape index (κ2) is 4.13. The van der Waals surface area contributed by atoms with Crippen molar-refractivity contribution >= 4 is 22.9 Å². The summed E-state index contributed by atoms with van der Waals surface area (Å²) >= 11 is 7.48. The Morgan fingerprint density at radius 3 is 2.43 bits per heavy atom. The van der Waals surface area contributed by atoms with Gasteiger partial charge in [-0.3, -0.25) is 0 Å². The summed E-state index contributed by atoms with van der Waals surface area (Å²) in [6.07, 6.45) is 0. The van der Waals surface area contributed by atoms with Crippen LogP contribution >= 0.6 is 22.9 Å². The predicted octanol–water partition coefficient (Wildman–Crippen LogP) is 3.45. The number of benzene rings is 1. The van der Waals surface area contributed by atoms with Crippen molar-refractivity contribution in [2.75, 3.05) is 0 Å². The molecular weight excluding hydrogens is 214 g/mol. The zero-order valence-electron chi connectivity index (χ0n) is 7.48. The summed E-state index contributed by atoms with van der Waals surface area (Å²) in [7, 11) is 0. The van der Waals surface area contributed by atoms with E-state index in [0.717, 1.165) is 10.6 Å². The molecule has 0 saturated carbocycles. The van der Waals surface area contributed by atoms with E-state index in [1.165, 1.54) is 4.88 Å². The van der Waals surface area contributed by atoms with Gasteiger partial charge in [-0.2, -0.15) is 0 Å². The maximum Gasteiger partial charge on any atom is 0.0646 e. The van der Waals surface area contributed by atoms with Crippen LogP contribution in [0, 0.1) is 0 Å². The van der Waals surface area contributed by atoms with Crippen molar-refractivity contribution in [1.82, 2.24) is 0 Å². The van der Waals surface area contributed by atoms with Crippen LogP contribution in [0.1, 0.15) is 16.5 Å². The minimum absolute atomic E-state index is 0.0349. The van der Waals surface area contributed by atoms with Gasteiger partial charge in [0.1, 0.15) is 0 Å². The average molecular weight is 224 g/mol. The van der Waals surface area contributed by atoms with Gasteiger partial charge in [0.05, 0.1) is 6.04 Å². The second-order valence-electron chi connectivity index (χ2n) is 3.04. The van der Waals surface area contributed by atoms with Gasteiger partial charge in [0.2, 0.25) is 0 Å². The first-order valence-corrected chi connectivity index (χ1v) is 5.57. The minimum atomic E-state index is -0.0349. The maximum atomic E-state index is 6.08. The van der Waals surface area contributed by atoms with Gasteiger partial charge in [0.15, 0.2) is 0 Å². The van der Waals surface area contributed by atoms with Crippen LogP contribution in [0.4, 0.5) is 0 Å². The third kappa shape index (κ3) is 1.98. The largest absolute Gasteiger partial charge is 0.320 e. The third-order valence-electron chi connectivity index (χ3n) is 2.08. The van der Waals surface area contributed by atoms with Gasteiger partial charge in [-0.15, -0.1) is 11.3 Å². The normalized spacial score (nSPS) is 12.7. The van der Waals surface area contributed by atoms with Gasteiger partial charge in [-0.1, -0.05) is 29.8 Å². The van der Waals surface area contributed by atoms with Gasteiger partial charge >= 0.3 is 0 Å². The van der Waals surface area contributed by atoms with E-state index in [0.29, 0.717) is 0 Å². The van der Waals surface area contributed by atoms with Crippen molar-refractivity contribution in [2.24, 2.45) is 5.73 Å². The molecule has 0 aliphatic rings. The Hall–Kier alpha value is -0.830. The van der Waals surface area contributed by atoms with E-state index >= 15 is 0 Å². The number of thiophene rings is 1. The van der Waals surface area contributed by atoms with Gasteiger partial charge in [0.25, 0.3) is 0 Å². The smallest absolute Gasteiger partial charge is 0.0646 e. The van der Waals surface area contributed by atoms with Crippen LogP contribution in [0.15, 0.2) is 41.8 Å². The molecule has 0 aliphatic heterocycles. The fraction of sp³-hybridized carbons (Fsp3) is 0.0909. The van der Waals surface area contributed by atoms with Crippen LogP contribution in [-0.2, 0) is 0 Å². The summed E-state index contributed by atoms with van der Waals surface area (Å²) in [6.45, 7) is 0. The molecule has 0 fully saturated rings. The first kappa shape index (κ1) is 9.71. The third-order valence-corrected chi connectivity index (χ3v) is 3.29. The van der Waals surface area contributed by atoms with E-state index in [-0.39, 0.29) is 6.04 Å². The number of nitrogens with two attached hydrogens (primary N) is 1. The molecule has 1 aromatic heterocycles. The minimum Gasteiger partial charge on any atom is -0.320 e. The average Bonchev–Trinajstić information content (AvgIpc) is 2.71. The van der Waals surface area contributed by atoms with Crippen LogP contribution in [-0.4, -0.2) is 0 Å². The zero-order chi connectivity index (χ0) is 9.97. The fourth-order valence-corrected chi connectivity index (χ4v) is 2.18. The molecule has 3 heteroatoms. The van der Waals surface area contributed by atoms with E-state index in [4.69, 9.17) is 17.3 Å². The summed E-state index contributed by atoms with van der Waals surface area (Å²) in [4.78, 5) is 1.17. The monoisotopic (exact) mass is 223 g/mol. The predicted molar refractivity (Wildman–Crippen MR) is 61.8 cm³/mol. The van der Waals surface area contributed by atoms with E-state index in [1.54, 1.807) is 11.3 Å². The molecule has 14 heavy (non-hydrogen) atoms. The number of rotatable bonds is 2. The van der Waals surface area contributed by atoms with Gasteiger partial charge < -0.3 is 5.73 Å². The van der Waals surface area contributed by atoms with Gasteiger partial charge in [-0.25, -0.2) is 0 Å². The highest BCUT2D eigenvalue weighted by molar-refractivity contribution is 7.10. The van der Waals surface area contributed by atoms with E-state index < -0.39 is 0 Å². The Labute approximate surface area is 92.1 Å². The first-order valence-electron chi connectivity index (χ1n) is 4.32. The Balaban J connectivity index is 2.28. The molecular formula is C11H10ClNS. The van der Waals surface area contributed by atoms with Gasteiger partial charge in [0, 0.05) is 9.90 Å². The number of halogens is 1. The van der Waals surface area contributed by atoms with Crippen molar-refractivity contribution in [2.45, 2.75) is 6.04 Å². The van der Waals surface area contributed by atoms with Crippen LogP contribution in [0.5, 0.6) is 0 Å². The standard InChI is InChI=1S/C11H10ClNS/c12-9-5-3-8(4-6-9)11(13)10-2-1-7-14-10/h1-7,11H,13H2/t11-/m1/s1. The Kier molecular flexibility index (Phi) is 2.87. The Bertz CT molecular complexity index is 394. The fourth-order valence-electron chi connectivity index (χ4n) is 1.30. The van der Waals surface area contributed by atoms with Crippen molar-refractivity contribution < 1.29 is 0 Å². The highest BCUT2D eigenvalue weighted by Crippen LogP contribution is 2.24. The molecule has 0 saturated heterocycles. The summed E-state index contributed by atoms with van der Waals surface area (Å²) in [5, 5.41) is 2.78. The van der Waals surface area contributed by atoms with Crippen molar-refractivity contribution in [3.8, 4) is 0 Å². The zero-order valence-corrected chi connectivity index (χ0v) is 9.05. The second-order valence-corrected chi connectivity index (χ2v) is 4.46. The van der Waals surface area contributed by atoms with Crippen LogP contribution in [0.25, 0.3) is 0 Å². The summed E-state index contributed by atoms with van der Waals surface area (Å²) < 4.78 is 0. The van der Waals surface area contributed by atoms with Crippen molar-refractivity contribution in [1.29, 1.82) is 0 Å². The molecule has 2 rings (SSSR count). The maximum absolute atomic E-state index is 6.08. The first-order chi connectivity index (χ1) is 6.77.